The number of benzene rings is 3. The molecule has 1 heterocycles. The zero-order valence-corrected chi connectivity index (χ0v) is 20.3. The summed E-state index contributed by atoms with van der Waals surface area (Å²) in [6.07, 6.45) is -1.46. The van der Waals surface area contributed by atoms with Crippen LogP contribution in [0.5, 0.6) is 0 Å². The lowest BCUT2D eigenvalue weighted by atomic mass is 9.98. The van der Waals surface area contributed by atoms with Gasteiger partial charge in [-0.3, -0.25) is 4.79 Å². The largest absolute Gasteiger partial charge is 0.506 e. The first-order chi connectivity index (χ1) is 17.9. The number of ketones is 1. The zero-order valence-electron chi connectivity index (χ0n) is 19.5. The third kappa shape index (κ3) is 5.14. The SMILES string of the molecule is CC(O)C(N)=NS(=O)(=O)c1cc(C(O)=C(C(=O)c2cc(F)ccc2F)c2nc3ccccc3[nH]2)ccc1F. The molecule has 0 aliphatic carbocycles. The van der Waals surface area contributed by atoms with Crippen molar-refractivity contribution in [1.82, 2.24) is 9.97 Å². The van der Waals surface area contributed by atoms with Crippen molar-refractivity contribution in [3.05, 3.63) is 95.1 Å². The molecule has 0 saturated carbocycles. The number of aliphatic hydroxyl groups excluding tert-OH is 2. The average Bonchev–Trinajstić information content (AvgIpc) is 3.28. The summed E-state index contributed by atoms with van der Waals surface area (Å²) in [6.45, 7) is 1.15. The van der Waals surface area contributed by atoms with Crippen LogP contribution in [0.25, 0.3) is 22.4 Å². The minimum Gasteiger partial charge on any atom is -0.506 e. The third-order valence-electron chi connectivity index (χ3n) is 5.40. The topological polar surface area (TPSA) is 159 Å². The highest BCUT2D eigenvalue weighted by atomic mass is 32.2. The van der Waals surface area contributed by atoms with Crippen molar-refractivity contribution in [3.8, 4) is 0 Å². The van der Waals surface area contributed by atoms with E-state index in [1.54, 1.807) is 24.3 Å². The van der Waals surface area contributed by atoms with Crippen molar-refractivity contribution >= 4 is 44.0 Å². The van der Waals surface area contributed by atoms with Gasteiger partial charge in [-0.1, -0.05) is 12.1 Å². The van der Waals surface area contributed by atoms with Crippen molar-refractivity contribution in [1.29, 1.82) is 0 Å². The maximum absolute atomic E-state index is 14.5. The van der Waals surface area contributed by atoms with Crippen LogP contribution < -0.4 is 5.73 Å². The zero-order chi connectivity index (χ0) is 27.8. The van der Waals surface area contributed by atoms with Gasteiger partial charge in [-0.25, -0.2) is 18.2 Å². The van der Waals surface area contributed by atoms with E-state index in [0.29, 0.717) is 29.2 Å². The number of rotatable bonds is 7. The van der Waals surface area contributed by atoms with E-state index in [1.807, 2.05) is 0 Å². The van der Waals surface area contributed by atoms with Gasteiger partial charge < -0.3 is 20.9 Å². The number of hydrogen-bond donors (Lipinski definition) is 4. The van der Waals surface area contributed by atoms with Gasteiger partial charge in [0.1, 0.15) is 51.4 Å². The van der Waals surface area contributed by atoms with E-state index in [4.69, 9.17) is 5.73 Å². The number of hydrogen-bond acceptors (Lipinski definition) is 6. The Kier molecular flexibility index (Phi) is 7.07. The molecule has 1 unspecified atom stereocenters. The average molecular weight is 545 g/mol. The Hall–Kier alpha value is -4.49. The van der Waals surface area contributed by atoms with Crippen LogP contribution >= 0.6 is 0 Å². The van der Waals surface area contributed by atoms with E-state index in [-0.39, 0.29) is 5.82 Å². The summed E-state index contributed by atoms with van der Waals surface area (Å²) < 4.78 is 71.4. The third-order valence-corrected chi connectivity index (χ3v) is 6.72. The van der Waals surface area contributed by atoms with Crippen LogP contribution in [0, 0.1) is 17.5 Å². The Morgan fingerprint density at radius 1 is 1.05 bits per heavy atom. The number of para-hydroxylation sites is 2. The summed E-state index contributed by atoms with van der Waals surface area (Å²) in [7, 11) is -4.81. The molecule has 9 nitrogen and oxygen atoms in total. The lowest BCUT2D eigenvalue weighted by Crippen LogP contribution is -2.27. The second-order valence-corrected chi connectivity index (χ2v) is 9.66. The van der Waals surface area contributed by atoms with Crippen molar-refractivity contribution in [2.24, 2.45) is 10.1 Å². The Labute approximate surface area is 213 Å². The molecule has 0 fully saturated rings. The Morgan fingerprint density at radius 3 is 2.42 bits per heavy atom. The number of aromatic nitrogens is 2. The number of amidine groups is 1. The van der Waals surface area contributed by atoms with Crippen molar-refractivity contribution in [2.75, 3.05) is 0 Å². The molecule has 0 aliphatic heterocycles. The molecule has 0 spiro atoms. The lowest BCUT2D eigenvalue weighted by molar-refractivity contribution is 0.105. The van der Waals surface area contributed by atoms with E-state index in [9.17, 15) is 36.6 Å². The molecule has 3 aromatic carbocycles. The van der Waals surface area contributed by atoms with Crippen molar-refractivity contribution in [2.45, 2.75) is 17.9 Å². The first-order valence-electron chi connectivity index (χ1n) is 10.9. The van der Waals surface area contributed by atoms with E-state index in [2.05, 4.69) is 14.4 Å². The lowest BCUT2D eigenvalue weighted by Gasteiger charge is -2.11. The summed E-state index contributed by atoms with van der Waals surface area (Å²) in [6, 6.07) is 11.0. The molecule has 5 N–H and O–H groups in total. The smallest absolute Gasteiger partial charge is 0.286 e. The maximum atomic E-state index is 14.5. The number of H-pyrrole nitrogens is 1. The molecule has 1 atom stereocenters. The number of fused-ring (bicyclic) bond motifs is 1. The van der Waals surface area contributed by atoms with Gasteiger partial charge >= 0.3 is 0 Å². The number of halogens is 3. The van der Waals surface area contributed by atoms with Crippen molar-refractivity contribution < 1.29 is 36.6 Å². The molecule has 1 aromatic heterocycles. The number of nitrogens with one attached hydrogen (secondary N) is 1. The normalized spacial score (nSPS) is 13.9. The minimum absolute atomic E-state index is 0.248. The molecular formula is C25H19F3N4O5S. The van der Waals surface area contributed by atoms with Gasteiger partial charge in [0, 0.05) is 5.56 Å². The highest BCUT2D eigenvalue weighted by Gasteiger charge is 2.28. The van der Waals surface area contributed by atoms with E-state index < -0.39 is 72.6 Å². The second kappa shape index (κ2) is 10.1. The molecule has 4 rings (SSSR count). The second-order valence-electron chi connectivity index (χ2n) is 8.09. The van der Waals surface area contributed by atoms with Crippen LogP contribution in [0.15, 0.2) is 70.0 Å². The van der Waals surface area contributed by atoms with E-state index in [0.717, 1.165) is 25.1 Å². The van der Waals surface area contributed by atoms with Gasteiger partial charge in [-0.2, -0.15) is 8.42 Å². The molecule has 4 aromatic rings. The first kappa shape index (κ1) is 26.6. The summed E-state index contributed by atoms with van der Waals surface area (Å²) in [4.78, 5) is 19.4. The highest BCUT2D eigenvalue weighted by molar-refractivity contribution is 7.90. The summed E-state index contributed by atoms with van der Waals surface area (Å²) in [5.74, 6) is -6.36. The van der Waals surface area contributed by atoms with Gasteiger partial charge in [0.25, 0.3) is 10.0 Å². The molecule has 13 heteroatoms. The molecule has 0 aliphatic rings. The summed E-state index contributed by atoms with van der Waals surface area (Å²) >= 11 is 0. The molecule has 0 saturated heterocycles. The fourth-order valence-electron chi connectivity index (χ4n) is 3.46. The molecular weight excluding hydrogens is 525 g/mol. The van der Waals surface area contributed by atoms with Gasteiger partial charge in [-0.15, -0.1) is 4.40 Å². The number of nitrogens with zero attached hydrogens (tertiary/aromatic N) is 2. The monoisotopic (exact) mass is 544 g/mol. The Bertz CT molecular complexity index is 1710. The summed E-state index contributed by atoms with van der Waals surface area (Å²) in [5.41, 5.74) is 4.42. The van der Waals surface area contributed by atoms with Gasteiger partial charge in [0.15, 0.2) is 0 Å². The fraction of sp³-hybridized carbons (Fsp3) is 0.0800. The number of aromatic amines is 1. The standard InChI is InChI=1S/C25H19F3N4O5S/c1-12(33)24(29)32-38(36,37)20-10-13(6-8-17(20)28)22(34)21(23(35)15-11-14(26)7-9-16(15)27)25-30-18-4-2-3-5-19(18)31-25/h2-12,33-34H,1H3,(H2,29,32)(H,30,31). The minimum atomic E-state index is -4.81. The number of allylic oxidation sites excluding steroid dienone is 1. The van der Waals surface area contributed by atoms with Crippen LogP contribution in [-0.2, 0) is 10.0 Å². The fourth-order valence-corrected chi connectivity index (χ4v) is 4.58. The van der Waals surface area contributed by atoms with Crippen LogP contribution in [-0.4, -0.2) is 46.3 Å². The highest BCUT2D eigenvalue weighted by Crippen LogP contribution is 2.31. The number of carbonyl (C=O) groups excluding carboxylic acids is 1. The van der Waals surface area contributed by atoms with E-state index in [1.165, 1.54) is 0 Å². The van der Waals surface area contributed by atoms with E-state index >= 15 is 0 Å². The predicted octanol–water partition coefficient (Wildman–Crippen LogP) is 3.72. The molecule has 196 valence electrons. The predicted molar refractivity (Wildman–Crippen MR) is 133 cm³/mol. The summed E-state index contributed by atoms with van der Waals surface area (Å²) in [5, 5.41) is 20.6. The van der Waals surface area contributed by atoms with Crippen LogP contribution in [0.1, 0.15) is 28.7 Å². The van der Waals surface area contributed by atoms with Crippen LogP contribution in [0.4, 0.5) is 13.2 Å². The molecule has 0 amide bonds. The first-order valence-corrected chi connectivity index (χ1v) is 12.3. The molecule has 0 bridgehead atoms. The van der Waals surface area contributed by atoms with Gasteiger partial charge in [0.2, 0.25) is 5.78 Å². The van der Waals surface area contributed by atoms with Crippen molar-refractivity contribution in [3.63, 3.8) is 0 Å². The van der Waals surface area contributed by atoms with Gasteiger partial charge in [0.05, 0.1) is 16.6 Å². The Balaban J connectivity index is 1.97. The molecule has 38 heavy (non-hydrogen) atoms. The van der Waals surface area contributed by atoms with Crippen LogP contribution in [0.3, 0.4) is 0 Å². The quantitative estimate of drug-likeness (QED) is 0.0907. The number of imidazole rings is 1. The Morgan fingerprint density at radius 2 is 1.74 bits per heavy atom. The molecule has 0 radical (unpaired) electrons. The number of nitrogens with two attached hydrogens (primary N) is 1. The maximum Gasteiger partial charge on any atom is 0.286 e. The number of aliphatic hydroxyl groups is 2. The van der Waals surface area contributed by atoms with Crippen LogP contribution in [0.2, 0.25) is 0 Å². The number of Topliss-reactive ketones (excluding diaryl/α,β-unsaturated/α-hetero) is 1. The van der Waals surface area contributed by atoms with Gasteiger partial charge in [-0.05, 0) is 55.5 Å². The number of sulfonamides is 1. The number of carbonyl (C=O) groups is 1.